The number of carbonyl (C=O) groups is 1. The second-order valence-electron chi connectivity index (χ2n) is 7.24. The molecule has 5 nitrogen and oxygen atoms in total. The standard InChI is InChI=1S/C19H27BO5/c1-18(2)19(3,4)25-20(24-18)16(13-21)12-15-9-7-6-8-14(15)10-11-17(22)23-5/h6-9,12,21H,10-11,13H2,1-5H3. The summed E-state index contributed by atoms with van der Waals surface area (Å²) < 4.78 is 16.7. The van der Waals surface area contributed by atoms with Gasteiger partial charge in [-0.15, -0.1) is 0 Å². The van der Waals surface area contributed by atoms with E-state index >= 15 is 0 Å². The fourth-order valence-corrected chi connectivity index (χ4v) is 2.62. The van der Waals surface area contributed by atoms with E-state index in [4.69, 9.17) is 14.0 Å². The molecule has 0 spiro atoms. The van der Waals surface area contributed by atoms with E-state index in [1.165, 1.54) is 7.11 Å². The van der Waals surface area contributed by atoms with Crippen molar-refractivity contribution in [1.82, 2.24) is 0 Å². The van der Waals surface area contributed by atoms with E-state index in [1.807, 2.05) is 58.0 Å². The summed E-state index contributed by atoms with van der Waals surface area (Å²) >= 11 is 0. The summed E-state index contributed by atoms with van der Waals surface area (Å²) in [7, 11) is 0.791. The van der Waals surface area contributed by atoms with Gasteiger partial charge in [0, 0.05) is 6.42 Å². The maximum absolute atomic E-state index is 11.4. The van der Waals surface area contributed by atoms with Crippen LogP contribution in [0.3, 0.4) is 0 Å². The molecule has 6 heteroatoms. The highest BCUT2D eigenvalue weighted by atomic mass is 16.7. The fourth-order valence-electron chi connectivity index (χ4n) is 2.62. The van der Waals surface area contributed by atoms with Gasteiger partial charge in [-0.3, -0.25) is 4.79 Å². The topological polar surface area (TPSA) is 65.0 Å². The summed E-state index contributed by atoms with van der Waals surface area (Å²) in [6, 6.07) is 7.77. The first-order valence-corrected chi connectivity index (χ1v) is 8.52. The lowest BCUT2D eigenvalue weighted by Crippen LogP contribution is -2.41. The maximum Gasteiger partial charge on any atom is 0.492 e. The van der Waals surface area contributed by atoms with Crippen molar-refractivity contribution in [2.24, 2.45) is 0 Å². The molecule has 136 valence electrons. The monoisotopic (exact) mass is 346 g/mol. The van der Waals surface area contributed by atoms with E-state index in [9.17, 15) is 9.90 Å². The van der Waals surface area contributed by atoms with Crippen LogP contribution in [-0.2, 0) is 25.3 Å². The Morgan fingerprint density at radius 3 is 2.36 bits per heavy atom. The molecule has 0 atom stereocenters. The van der Waals surface area contributed by atoms with Crippen LogP contribution in [0.15, 0.2) is 29.7 Å². The van der Waals surface area contributed by atoms with Crippen LogP contribution in [0.1, 0.15) is 45.2 Å². The average Bonchev–Trinajstić information content (AvgIpc) is 2.78. The molecular formula is C19H27BO5. The van der Waals surface area contributed by atoms with E-state index in [-0.39, 0.29) is 12.6 Å². The summed E-state index contributed by atoms with van der Waals surface area (Å²) in [4.78, 5) is 11.4. The molecule has 1 fully saturated rings. The molecule has 1 heterocycles. The van der Waals surface area contributed by atoms with Gasteiger partial charge in [0.1, 0.15) is 0 Å². The molecule has 25 heavy (non-hydrogen) atoms. The normalized spacial score (nSPS) is 19.1. The highest BCUT2D eigenvalue weighted by Crippen LogP contribution is 2.38. The second kappa shape index (κ2) is 7.73. The third kappa shape index (κ3) is 4.51. The number of hydrogen-bond acceptors (Lipinski definition) is 5. The van der Waals surface area contributed by atoms with Gasteiger partial charge in [-0.05, 0) is 50.7 Å². The van der Waals surface area contributed by atoms with Crippen LogP contribution in [-0.4, -0.2) is 43.1 Å². The third-order valence-electron chi connectivity index (χ3n) is 4.96. The van der Waals surface area contributed by atoms with Crippen LogP contribution in [0.5, 0.6) is 0 Å². The number of esters is 1. The summed E-state index contributed by atoms with van der Waals surface area (Å²) in [5, 5.41) is 9.83. The van der Waals surface area contributed by atoms with Crippen molar-refractivity contribution < 1.29 is 23.9 Å². The van der Waals surface area contributed by atoms with Crippen molar-refractivity contribution in [1.29, 1.82) is 0 Å². The molecule has 0 saturated carbocycles. The molecule has 0 bridgehead atoms. The SMILES string of the molecule is COC(=O)CCc1ccccc1C=C(CO)B1OC(C)(C)C(C)(C)O1. The van der Waals surface area contributed by atoms with Crippen LogP contribution < -0.4 is 0 Å². The third-order valence-corrected chi connectivity index (χ3v) is 4.96. The zero-order valence-electron chi connectivity index (χ0n) is 15.7. The number of ether oxygens (including phenoxy) is 1. The van der Waals surface area contributed by atoms with Gasteiger partial charge in [-0.25, -0.2) is 0 Å². The van der Waals surface area contributed by atoms with Crippen molar-refractivity contribution in [2.75, 3.05) is 13.7 Å². The number of benzene rings is 1. The maximum atomic E-state index is 11.4. The van der Waals surface area contributed by atoms with E-state index in [2.05, 4.69) is 0 Å². The highest BCUT2D eigenvalue weighted by molar-refractivity contribution is 6.55. The number of methoxy groups -OCH3 is 1. The van der Waals surface area contributed by atoms with Gasteiger partial charge in [-0.2, -0.15) is 0 Å². The van der Waals surface area contributed by atoms with Crippen LogP contribution in [0.4, 0.5) is 0 Å². The first-order valence-electron chi connectivity index (χ1n) is 8.52. The molecule has 0 unspecified atom stereocenters. The number of aliphatic hydroxyl groups is 1. The van der Waals surface area contributed by atoms with E-state index in [0.29, 0.717) is 18.3 Å². The predicted octanol–water partition coefficient (Wildman–Crippen LogP) is 2.80. The Hall–Kier alpha value is -1.63. The smallest absolute Gasteiger partial charge is 0.469 e. The molecule has 0 aromatic heterocycles. The minimum absolute atomic E-state index is 0.165. The van der Waals surface area contributed by atoms with Gasteiger partial charge in [0.25, 0.3) is 0 Å². The van der Waals surface area contributed by atoms with Crippen molar-refractivity contribution in [2.45, 2.75) is 51.7 Å². The molecule has 1 aliphatic heterocycles. The number of aliphatic hydroxyl groups excluding tert-OH is 1. The largest absolute Gasteiger partial charge is 0.492 e. The summed E-state index contributed by atoms with van der Waals surface area (Å²) in [5.74, 6) is -0.243. The average molecular weight is 346 g/mol. The number of rotatable bonds is 6. The van der Waals surface area contributed by atoms with Gasteiger partial charge in [0.05, 0.1) is 24.9 Å². The van der Waals surface area contributed by atoms with Crippen LogP contribution in [0, 0.1) is 0 Å². The van der Waals surface area contributed by atoms with Crippen LogP contribution in [0.2, 0.25) is 0 Å². The minimum Gasteiger partial charge on any atom is -0.469 e. The Kier molecular flexibility index (Phi) is 6.09. The highest BCUT2D eigenvalue weighted by Gasteiger charge is 2.52. The van der Waals surface area contributed by atoms with Gasteiger partial charge < -0.3 is 19.2 Å². The van der Waals surface area contributed by atoms with Gasteiger partial charge in [-0.1, -0.05) is 30.3 Å². The second-order valence-corrected chi connectivity index (χ2v) is 7.24. The first-order chi connectivity index (χ1) is 11.7. The number of carbonyl (C=O) groups excluding carboxylic acids is 1. The molecule has 1 aliphatic rings. The Balaban J connectivity index is 2.24. The molecule has 0 amide bonds. The van der Waals surface area contributed by atoms with Crippen LogP contribution >= 0.6 is 0 Å². The Bertz CT molecular complexity index is 635. The zero-order valence-corrected chi connectivity index (χ0v) is 15.7. The van der Waals surface area contributed by atoms with Gasteiger partial charge in [0.15, 0.2) is 0 Å². The van der Waals surface area contributed by atoms with Crippen molar-refractivity contribution in [3.05, 3.63) is 40.9 Å². The lowest BCUT2D eigenvalue weighted by atomic mass is 9.77. The zero-order chi connectivity index (χ0) is 18.7. The Labute approximate surface area is 150 Å². The van der Waals surface area contributed by atoms with Crippen LogP contribution in [0.25, 0.3) is 6.08 Å². The van der Waals surface area contributed by atoms with Gasteiger partial charge in [0.2, 0.25) is 0 Å². The molecule has 1 aromatic rings. The summed E-state index contributed by atoms with van der Waals surface area (Å²) in [5.41, 5.74) is 1.68. The van der Waals surface area contributed by atoms with E-state index in [0.717, 1.165) is 11.1 Å². The molecule has 1 saturated heterocycles. The molecular weight excluding hydrogens is 319 g/mol. The summed E-state index contributed by atoms with van der Waals surface area (Å²) in [6.07, 6.45) is 2.77. The number of hydrogen-bond donors (Lipinski definition) is 1. The molecule has 2 rings (SSSR count). The van der Waals surface area contributed by atoms with Crippen molar-refractivity contribution >= 4 is 19.2 Å². The first kappa shape index (κ1) is 19.7. The number of aryl methyl sites for hydroxylation is 1. The summed E-state index contributed by atoms with van der Waals surface area (Å²) in [6.45, 7) is 7.75. The quantitative estimate of drug-likeness (QED) is 0.634. The predicted molar refractivity (Wildman–Crippen MR) is 97.9 cm³/mol. The van der Waals surface area contributed by atoms with Crippen molar-refractivity contribution in [3.63, 3.8) is 0 Å². The Morgan fingerprint density at radius 1 is 1.20 bits per heavy atom. The molecule has 1 N–H and O–H groups in total. The van der Waals surface area contributed by atoms with Crippen molar-refractivity contribution in [3.8, 4) is 0 Å². The lowest BCUT2D eigenvalue weighted by molar-refractivity contribution is -0.140. The molecule has 0 radical (unpaired) electrons. The molecule has 0 aliphatic carbocycles. The van der Waals surface area contributed by atoms with E-state index < -0.39 is 18.3 Å². The minimum atomic E-state index is -0.594. The van der Waals surface area contributed by atoms with E-state index in [1.54, 1.807) is 0 Å². The molecule has 1 aromatic carbocycles. The Morgan fingerprint density at radius 2 is 1.80 bits per heavy atom. The van der Waals surface area contributed by atoms with Gasteiger partial charge >= 0.3 is 13.1 Å². The lowest BCUT2D eigenvalue weighted by Gasteiger charge is -2.32. The fraction of sp³-hybridized carbons (Fsp3) is 0.526.